The van der Waals surface area contributed by atoms with Gasteiger partial charge >= 0.3 is 0 Å². The van der Waals surface area contributed by atoms with E-state index in [1.807, 2.05) is 6.92 Å². The lowest BCUT2D eigenvalue weighted by molar-refractivity contribution is 0.102. The van der Waals surface area contributed by atoms with Gasteiger partial charge in [-0.1, -0.05) is 17.9 Å². The molecule has 0 spiro atoms. The molecule has 0 aliphatic heterocycles. The van der Waals surface area contributed by atoms with Gasteiger partial charge in [-0.25, -0.2) is 9.37 Å². The number of nitrogens with zero attached hydrogens (tertiary/aromatic N) is 1. The number of pyridine rings is 1. The molecule has 2 aromatic rings. The summed E-state index contributed by atoms with van der Waals surface area (Å²) >= 11 is 0. The number of halogens is 1. The number of carbonyl (C=O) groups excluding carboxylic acids is 1. The lowest BCUT2D eigenvalue weighted by Crippen LogP contribution is -2.14. The van der Waals surface area contributed by atoms with Crippen LogP contribution >= 0.6 is 0 Å². The Morgan fingerprint density at radius 1 is 1.38 bits per heavy atom. The zero-order valence-corrected chi connectivity index (χ0v) is 11.4. The Hall–Kier alpha value is -2.71. The summed E-state index contributed by atoms with van der Waals surface area (Å²) in [4.78, 5) is 15.9. The minimum absolute atomic E-state index is 0.117. The maximum absolute atomic E-state index is 13.6. The van der Waals surface area contributed by atoms with Crippen LogP contribution in [0.1, 0.15) is 21.6 Å². The number of nitrogens with one attached hydrogen (secondary N) is 1. The average Bonchev–Trinajstić information content (AvgIpc) is 2.49. The van der Waals surface area contributed by atoms with Gasteiger partial charge in [0.2, 0.25) is 0 Å². The van der Waals surface area contributed by atoms with Crippen LogP contribution in [0.5, 0.6) is 0 Å². The van der Waals surface area contributed by atoms with Crippen molar-refractivity contribution >= 4 is 11.6 Å². The van der Waals surface area contributed by atoms with E-state index in [1.54, 1.807) is 18.2 Å². The number of aliphatic hydroxyl groups excluding tert-OH is 1. The molecular weight excluding hydrogens is 271 g/mol. The van der Waals surface area contributed by atoms with Gasteiger partial charge in [0, 0.05) is 11.8 Å². The molecule has 0 radical (unpaired) electrons. The maximum atomic E-state index is 13.6. The van der Waals surface area contributed by atoms with Crippen LogP contribution in [-0.2, 0) is 0 Å². The van der Waals surface area contributed by atoms with E-state index in [1.165, 1.54) is 18.3 Å². The number of carbonyl (C=O) groups is 1. The summed E-state index contributed by atoms with van der Waals surface area (Å²) in [5, 5.41) is 11.1. The highest BCUT2D eigenvalue weighted by Crippen LogP contribution is 2.16. The van der Waals surface area contributed by atoms with E-state index in [-0.39, 0.29) is 18.0 Å². The first-order valence-electron chi connectivity index (χ1n) is 6.23. The van der Waals surface area contributed by atoms with Crippen molar-refractivity contribution in [2.45, 2.75) is 6.92 Å². The standard InChI is InChI=1S/C16H13FN2O2/c1-11-4-6-13(17)15(9-11)19-16(21)14-7-5-12(10-18-14)3-2-8-20/h4-7,9-10,20H,8H2,1H3,(H,19,21). The maximum Gasteiger partial charge on any atom is 0.274 e. The smallest absolute Gasteiger partial charge is 0.274 e. The number of rotatable bonds is 2. The minimum Gasteiger partial charge on any atom is -0.384 e. The number of aliphatic hydroxyl groups is 1. The number of aryl methyl sites for hydroxylation is 1. The van der Waals surface area contributed by atoms with Crippen molar-refractivity contribution in [3.8, 4) is 11.8 Å². The molecule has 106 valence electrons. The Bertz CT molecular complexity index is 715. The predicted molar refractivity (Wildman–Crippen MR) is 77.3 cm³/mol. The van der Waals surface area contributed by atoms with Gasteiger partial charge in [0.25, 0.3) is 5.91 Å². The van der Waals surface area contributed by atoms with Crippen LogP contribution in [0.25, 0.3) is 0 Å². The largest absolute Gasteiger partial charge is 0.384 e. The van der Waals surface area contributed by atoms with E-state index < -0.39 is 11.7 Å². The molecule has 0 saturated heterocycles. The molecule has 5 heteroatoms. The highest BCUT2D eigenvalue weighted by atomic mass is 19.1. The zero-order valence-electron chi connectivity index (χ0n) is 11.4. The summed E-state index contributed by atoms with van der Waals surface area (Å²) in [6, 6.07) is 7.57. The van der Waals surface area contributed by atoms with Crippen molar-refractivity contribution in [2.24, 2.45) is 0 Å². The lowest BCUT2D eigenvalue weighted by atomic mass is 10.2. The van der Waals surface area contributed by atoms with E-state index in [4.69, 9.17) is 5.11 Å². The number of hydrogen-bond acceptors (Lipinski definition) is 3. The van der Waals surface area contributed by atoms with E-state index in [2.05, 4.69) is 22.1 Å². The molecule has 1 heterocycles. The Balaban J connectivity index is 2.15. The van der Waals surface area contributed by atoms with Crippen molar-refractivity contribution < 1.29 is 14.3 Å². The van der Waals surface area contributed by atoms with Gasteiger partial charge in [0.1, 0.15) is 18.1 Å². The predicted octanol–water partition coefficient (Wildman–Crippen LogP) is 2.13. The first-order valence-corrected chi connectivity index (χ1v) is 6.23. The van der Waals surface area contributed by atoms with Crippen LogP contribution in [-0.4, -0.2) is 22.6 Å². The van der Waals surface area contributed by atoms with Crippen LogP contribution in [0.3, 0.4) is 0 Å². The van der Waals surface area contributed by atoms with Crippen LogP contribution in [0.15, 0.2) is 36.5 Å². The molecule has 0 saturated carbocycles. The van der Waals surface area contributed by atoms with Gasteiger partial charge in [0.15, 0.2) is 0 Å². The molecule has 0 fully saturated rings. The molecule has 0 unspecified atom stereocenters. The van der Waals surface area contributed by atoms with Crippen molar-refractivity contribution in [1.82, 2.24) is 4.98 Å². The molecule has 1 amide bonds. The third-order valence-corrected chi connectivity index (χ3v) is 2.68. The summed E-state index contributed by atoms with van der Waals surface area (Å²) in [6.45, 7) is 1.57. The number of anilines is 1. The Kier molecular flexibility index (Phi) is 4.64. The number of aromatic nitrogens is 1. The van der Waals surface area contributed by atoms with E-state index in [9.17, 15) is 9.18 Å². The summed E-state index contributed by atoms with van der Waals surface area (Å²) in [6.07, 6.45) is 1.42. The van der Waals surface area contributed by atoms with E-state index >= 15 is 0 Å². The van der Waals surface area contributed by atoms with Crippen LogP contribution in [0, 0.1) is 24.6 Å². The highest BCUT2D eigenvalue weighted by Gasteiger charge is 2.10. The fraction of sp³-hybridized carbons (Fsp3) is 0.125. The van der Waals surface area contributed by atoms with Gasteiger partial charge in [0.05, 0.1) is 5.69 Å². The normalized spacial score (nSPS) is 9.67. The molecule has 4 nitrogen and oxygen atoms in total. The van der Waals surface area contributed by atoms with Gasteiger partial charge in [-0.2, -0.15) is 0 Å². The molecule has 0 bridgehead atoms. The van der Waals surface area contributed by atoms with Crippen LogP contribution in [0.4, 0.5) is 10.1 Å². The first kappa shape index (κ1) is 14.7. The van der Waals surface area contributed by atoms with Gasteiger partial charge in [-0.3, -0.25) is 4.79 Å². The lowest BCUT2D eigenvalue weighted by Gasteiger charge is -2.06. The van der Waals surface area contributed by atoms with Gasteiger partial charge < -0.3 is 10.4 Å². The summed E-state index contributed by atoms with van der Waals surface area (Å²) in [5.41, 5.74) is 1.70. The van der Waals surface area contributed by atoms with Crippen molar-refractivity contribution in [3.05, 3.63) is 59.2 Å². The van der Waals surface area contributed by atoms with Crippen molar-refractivity contribution in [3.63, 3.8) is 0 Å². The second-order valence-electron chi connectivity index (χ2n) is 4.33. The number of hydrogen-bond donors (Lipinski definition) is 2. The van der Waals surface area contributed by atoms with E-state index in [0.717, 1.165) is 5.56 Å². The monoisotopic (exact) mass is 284 g/mol. The molecule has 21 heavy (non-hydrogen) atoms. The molecule has 2 N–H and O–H groups in total. The number of benzene rings is 1. The molecule has 0 atom stereocenters. The van der Waals surface area contributed by atoms with Gasteiger partial charge in [-0.15, -0.1) is 0 Å². The third kappa shape index (κ3) is 3.88. The van der Waals surface area contributed by atoms with Crippen LogP contribution in [0.2, 0.25) is 0 Å². The first-order chi connectivity index (χ1) is 10.1. The topological polar surface area (TPSA) is 62.2 Å². The highest BCUT2D eigenvalue weighted by molar-refractivity contribution is 6.02. The number of amides is 1. The molecule has 0 aliphatic rings. The zero-order chi connectivity index (χ0) is 15.2. The second kappa shape index (κ2) is 6.64. The molecule has 0 aliphatic carbocycles. The minimum atomic E-state index is -0.501. The van der Waals surface area contributed by atoms with Gasteiger partial charge in [-0.05, 0) is 36.8 Å². The molecule has 1 aromatic heterocycles. The third-order valence-electron chi connectivity index (χ3n) is 2.68. The fourth-order valence-electron chi connectivity index (χ4n) is 1.66. The Labute approximate surface area is 121 Å². The molecule has 2 rings (SSSR count). The second-order valence-corrected chi connectivity index (χ2v) is 4.33. The van der Waals surface area contributed by atoms with Crippen molar-refractivity contribution in [1.29, 1.82) is 0 Å². The quantitative estimate of drug-likeness (QED) is 0.830. The molecule has 1 aromatic carbocycles. The van der Waals surface area contributed by atoms with Crippen molar-refractivity contribution in [2.75, 3.05) is 11.9 Å². The SMILES string of the molecule is Cc1ccc(F)c(NC(=O)c2ccc(C#CCO)cn2)c1. The Morgan fingerprint density at radius 2 is 2.19 bits per heavy atom. The summed E-state index contributed by atoms with van der Waals surface area (Å²) < 4.78 is 13.6. The molecular formula is C16H13FN2O2. The average molecular weight is 284 g/mol. The summed E-state index contributed by atoms with van der Waals surface area (Å²) in [5.74, 6) is 4.16. The Morgan fingerprint density at radius 3 is 2.86 bits per heavy atom. The van der Waals surface area contributed by atoms with Crippen LogP contribution < -0.4 is 5.32 Å². The van der Waals surface area contributed by atoms with E-state index in [0.29, 0.717) is 5.56 Å². The summed E-state index contributed by atoms with van der Waals surface area (Å²) in [7, 11) is 0. The fourth-order valence-corrected chi connectivity index (χ4v) is 1.66.